The fraction of sp³-hybridized carbons (Fsp3) is 0.600. The van der Waals surface area contributed by atoms with E-state index in [0.717, 1.165) is 45.1 Å². The van der Waals surface area contributed by atoms with E-state index in [-0.39, 0.29) is 0 Å². The first-order valence-electron chi connectivity index (χ1n) is 6.94. The number of likely N-dealkylation sites (N-methyl/N-ethyl adjacent to an activating group) is 1. The van der Waals surface area contributed by atoms with Crippen molar-refractivity contribution in [3.05, 3.63) is 29.8 Å². The highest BCUT2D eigenvalue weighted by atomic mass is 16.5. The average molecular weight is 250 g/mol. The van der Waals surface area contributed by atoms with Crippen molar-refractivity contribution in [2.24, 2.45) is 0 Å². The topological polar surface area (TPSA) is 24.5 Å². The van der Waals surface area contributed by atoms with E-state index in [1.54, 1.807) is 0 Å². The third-order valence-corrected chi connectivity index (χ3v) is 3.06. The minimum atomic E-state index is 0.724. The third kappa shape index (κ3) is 5.52. The van der Waals surface area contributed by atoms with Crippen LogP contribution in [0.4, 0.5) is 0 Å². The van der Waals surface area contributed by atoms with Gasteiger partial charge in [-0.1, -0.05) is 26.0 Å². The number of hydrogen-bond donors (Lipinski definition) is 1. The van der Waals surface area contributed by atoms with Crippen LogP contribution in [0.5, 0.6) is 5.75 Å². The van der Waals surface area contributed by atoms with Crippen molar-refractivity contribution in [1.29, 1.82) is 0 Å². The van der Waals surface area contributed by atoms with Crippen LogP contribution < -0.4 is 10.1 Å². The number of nitrogens with zero attached hydrogens (tertiary/aromatic N) is 1. The maximum Gasteiger partial charge on any atom is 0.119 e. The Balaban J connectivity index is 2.22. The highest BCUT2D eigenvalue weighted by Crippen LogP contribution is 2.11. The summed E-state index contributed by atoms with van der Waals surface area (Å²) >= 11 is 0. The van der Waals surface area contributed by atoms with Gasteiger partial charge < -0.3 is 15.0 Å². The zero-order valence-electron chi connectivity index (χ0n) is 11.9. The van der Waals surface area contributed by atoms with Crippen LogP contribution >= 0.6 is 0 Å². The first-order chi connectivity index (χ1) is 8.80. The van der Waals surface area contributed by atoms with Crippen molar-refractivity contribution in [2.75, 3.05) is 32.8 Å². The highest BCUT2D eigenvalue weighted by molar-refractivity contribution is 5.27. The molecule has 0 amide bonds. The zero-order chi connectivity index (χ0) is 13.2. The monoisotopic (exact) mass is 250 g/mol. The summed E-state index contributed by atoms with van der Waals surface area (Å²) < 4.78 is 5.42. The molecule has 0 atom stereocenters. The van der Waals surface area contributed by atoms with E-state index in [0.29, 0.717) is 0 Å². The Labute approximate surface area is 111 Å². The van der Waals surface area contributed by atoms with E-state index in [9.17, 15) is 0 Å². The fourth-order valence-corrected chi connectivity index (χ4v) is 1.88. The largest absolute Gasteiger partial charge is 0.494 e. The SMILES string of the molecule is CCOc1ccc(CNCCN(CC)CC)cc1. The molecule has 0 spiro atoms. The number of hydrogen-bond acceptors (Lipinski definition) is 3. The van der Waals surface area contributed by atoms with Gasteiger partial charge in [0.1, 0.15) is 5.75 Å². The molecule has 0 fully saturated rings. The molecule has 1 aromatic rings. The van der Waals surface area contributed by atoms with Crippen LogP contribution in [-0.4, -0.2) is 37.7 Å². The standard InChI is InChI=1S/C15H26N2O/c1-4-17(5-2)12-11-16-13-14-7-9-15(10-8-14)18-6-3/h7-10,16H,4-6,11-13H2,1-3H3. The minimum absolute atomic E-state index is 0.724. The van der Waals surface area contributed by atoms with E-state index in [4.69, 9.17) is 4.74 Å². The van der Waals surface area contributed by atoms with E-state index in [2.05, 4.69) is 36.2 Å². The molecule has 0 heterocycles. The van der Waals surface area contributed by atoms with Gasteiger partial charge in [-0.3, -0.25) is 0 Å². The third-order valence-electron chi connectivity index (χ3n) is 3.06. The van der Waals surface area contributed by atoms with E-state index in [1.165, 1.54) is 5.56 Å². The maximum atomic E-state index is 5.42. The molecule has 3 nitrogen and oxygen atoms in total. The van der Waals surface area contributed by atoms with Crippen molar-refractivity contribution in [3.8, 4) is 5.75 Å². The summed E-state index contributed by atoms with van der Waals surface area (Å²) in [5.41, 5.74) is 1.30. The lowest BCUT2D eigenvalue weighted by Gasteiger charge is -2.18. The van der Waals surface area contributed by atoms with E-state index >= 15 is 0 Å². The predicted molar refractivity (Wildman–Crippen MR) is 77.1 cm³/mol. The van der Waals surface area contributed by atoms with Gasteiger partial charge in [-0.15, -0.1) is 0 Å². The maximum absolute atomic E-state index is 5.42. The van der Waals surface area contributed by atoms with Crippen molar-refractivity contribution in [3.63, 3.8) is 0 Å². The molecule has 0 aliphatic carbocycles. The molecule has 1 aromatic carbocycles. The van der Waals surface area contributed by atoms with Crippen LogP contribution in [0.2, 0.25) is 0 Å². The Kier molecular flexibility index (Phi) is 7.46. The van der Waals surface area contributed by atoms with Gasteiger partial charge in [0, 0.05) is 19.6 Å². The van der Waals surface area contributed by atoms with Gasteiger partial charge in [0.15, 0.2) is 0 Å². The van der Waals surface area contributed by atoms with Crippen molar-refractivity contribution in [1.82, 2.24) is 10.2 Å². The highest BCUT2D eigenvalue weighted by Gasteiger charge is 1.98. The molecule has 0 bridgehead atoms. The molecule has 1 N–H and O–H groups in total. The predicted octanol–water partition coefficient (Wildman–Crippen LogP) is 2.52. The number of rotatable bonds is 9. The van der Waals surface area contributed by atoms with Crippen LogP contribution in [0.15, 0.2) is 24.3 Å². The number of ether oxygens (including phenoxy) is 1. The quantitative estimate of drug-likeness (QED) is 0.682. The van der Waals surface area contributed by atoms with Gasteiger partial charge in [0.25, 0.3) is 0 Å². The van der Waals surface area contributed by atoms with Crippen molar-refractivity contribution in [2.45, 2.75) is 27.3 Å². The minimum Gasteiger partial charge on any atom is -0.494 e. The normalized spacial score (nSPS) is 10.9. The Hall–Kier alpha value is -1.06. The van der Waals surface area contributed by atoms with Crippen LogP contribution in [0.1, 0.15) is 26.3 Å². The fourth-order valence-electron chi connectivity index (χ4n) is 1.88. The molecular weight excluding hydrogens is 224 g/mol. The molecule has 0 saturated carbocycles. The van der Waals surface area contributed by atoms with Crippen molar-refractivity contribution >= 4 is 0 Å². The molecule has 102 valence electrons. The second kappa shape index (κ2) is 8.95. The lowest BCUT2D eigenvalue weighted by Crippen LogP contribution is -2.31. The summed E-state index contributed by atoms with van der Waals surface area (Å²) in [7, 11) is 0. The second-order valence-corrected chi connectivity index (χ2v) is 4.28. The van der Waals surface area contributed by atoms with E-state index in [1.807, 2.05) is 19.1 Å². The molecule has 0 aliphatic rings. The second-order valence-electron chi connectivity index (χ2n) is 4.28. The molecule has 0 radical (unpaired) electrons. The van der Waals surface area contributed by atoms with Crippen LogP contribution in [0.3, 0.4) is 0 Å². The Morgan fingerprint density at radius 3 is 2.28 bits per heavy atom. The van der Waals surface area contributed by atoms with Gasteiger partial charge in [-0.05, 0) is 37.7 Å². The first kappa shape index (κ1) is 15.0. The van der Waals surface area contributed by atoms with Gasteiger partial charge in [0.05, 0.1) is 6.61 Å². The Bertz CT molecular complexity index is 307. The first-order valence-corrected chi connectivity index (χ1v) is 6.94. The molecule has 3 heteroatoms. The molecule has 1 rings (SSSR count). The van der Waals surface area contributed by atoms with Crippen LogP contribution in [0.25, 0.3) is 0 Å². The molecule has 18 heavy (non-hydrogen) atoms. The smallest absolute Gasteiger partial charge is 0.119 e. The van der Waals surface area contributed by atoms with Gasteiger partial charge >= 0.3 is 0 Å². The number of benzene rings is 1. The lowest BCUT2D eigenvalue weighted by atomic mass is 10.2. The zero-order valence-corrected chi connectivity index (χ0v) is 11.9. The summed E-state index contributed by atoms with van der Waals surface area (Å²) in [6.07, 6.45) is 0. The molecule has 0 unspecified atom stereocenters. The Morgan fingerprint density at radius 2 is 1.72 bits per heavy atom. The van der Waals surface area contributed by atoms with Gasteiger partial charge in [0.2, 0.25) is 0 Å². The van der Waals surface area contributed by atoms with Crippen LogP contribution in [-0.2, 0) is 6.54 Å². The lowest BCUT2D eigenvalue weighted by molar-refractivity contribution is 0.302. The summed E-state index contributed by atoms with van der Waals surface area (Å²) in [6.45, 7) is 12.5. The van der Waals surface area contributed by atoms with Crippen molar-refractivity contribution < 1.29 is 4.74 Å². The summed E-state index contributed by atoms with van der Waals surface area (Å²) in [6, 6.07) is 8.31. The van der Waals surface area contributed by atoms with Gasteiger partial charge in [-0.25, -0.2) is 0 Å². The molecule has 0 saturated heterocycles. The molecule has 0 aromatic heterocycles. The summed E-state index contributed by atoms with van der Waals surface area (Å²) in [5, 5.41) is 3.47. The van der Waals surface area contributed by atoms with Crippen LogP contribution in [0, 0.1) is 0 Å². The Morgan fingerprint density at radius 1 is 1.06 bits per heavy atom. The van der Waals surface area contributed by atoms with E-state index < -0.39 is 0 Å². The summed E-state index contributed by atoms with van der Waals surface area (Å²) in [4.78, 5) is 2.42. The number of nitrogens with one attached hydrogen (secondary N) is 1. The molecule has 0 aliphatic heterocycles. The van der Waals surface area contributed by atoms with Gasteiger partial charge in [-0.2, -0.15) is 0 Å². The molecular formula is C15H26N2O. The average Bonchev–Trinajstić information content (AvgIpc) is 2.41. The summed E-state index contributed by atoms with van der Waals surface area (Å²) in [5.74, 6) is 0.949.